The van der Waals surface area contributed by atoms with Crippen molar-refractivity contribution in [3.05, 3.63) is 23.5 Å². The Bertz CT molecular complexity index is 606. The lowest BCUT2D eigenvalue weighted by atomic mass is 10.0. The van der Waals surface area contributed by atoms with E-state index in [4.69, 9.17) is 5.11 Å². The Morgan fingerprint density at radius 1 is 1.15 bits per heavy atom. The highest BCUT2D eigenvalue weighted by Crippen LogP contribution is 2.23. The van der Waals surface area contributed by atoms with E-state index in [2.05, 4.69) is 9.80 Å². The van der Waals surface area contributed by atoms with Crippen molar-refractivity contribution in [3.63, 3.8) is 0 Å². The van der Waals surface area contributed by atoms with E-state index in [0.717, 1.165) is 50.1 Å². The van der Waals surface area contributed by atoms with Gasteiger partial charge in [-0.15, -0.1) is 0 Å². The molecule has 0 atom stereocenters. The van der Waals surface area contributed by atoms with Crippen LogP contribution in [0.1, 0.15) is 35.6 Å². The largest absolute Gasteiger partial charge is 0.395 e. The molecule has 1 aromatic heterocycles. The normalized spacial score (nSPS) is 20.9. The number of hydrogen-bond acceptors (Lipinski definition) is 4. The molecule has 6 nitrogen and oxygen atoms in total. The summed E-state index contributed by atoms with van der Waals surface area (Å²) in [6.07, 6.45) is 1.75. The van der Waals surface area contributed by atoms with Gasteiger partial charge in [0.1, 0.15) is 5.69 Å². The van der Waals surface area contributed by atoms with Crippen molar-refractivity contribution in [1.82, 2.24) is 19.3 Å². The van der Waals surface area contributed by atoms with Gasteiger partial charge in [0, 0.05) is 57.5 Å². The van der Waals surface area contributed by atoms with Crippen LogP contribution in [0.2, 0.25) is 0 Å². The first kappa shape index (κ1) is 19.3. The number of halogens is 2. The minimum absolute atomic E-state index is 0.0774. The number of aliphatic hydroxyl groups excluding tert-OH is 1. The van der Waals surface area contributed by atoms with Crippen molar-refractivity contribution in [3.8, 4) is 0 Å². The Balaban J connectivity index is 1.53. The van der Waals surface area contributed by atoms with E-state index >= 15 is 0 Å². The van der Waals surface area contributed by atoms with Crippen molar-refractivity contribution >= 4 is 5.91 Å². The second-order valence-corrected chi connectivity index (χ2v) is 7.13. The number of aromatic nitrogens is 1. The number of alkyl halides is 2. The zero-order valence-corrected chi connectivity index (χ0v) is 15.3. The van der Waals surface area contributed by atoms with Gasteiger partial charge < -0.3 is 10.0 Å². The van der Waals surface area contributed by atoms with Crippen LogP contribution in [0.5, 0.6) is 0 Å². The summed E-state index contributed by atoms with van der Waals surface area (Å²) in [6, 6.07) is 3.51. The van der Waals surface area contributed by atoms with Gasteiger partial charge in [-0.3, -0.25) is 19.2 Å². The predicted molar refractivity (Wildman–Crippen MR) is 94.4 cm³/mol. The highest BCUT2D eigenvalue weighted by molar-refractivity contribution is 5.93. The molecule has 1 amide bonds. The van der Waals surface area contributed by atoms with Crippen LogP contribution >= 0.6 is 0 Å². The van der Waals surface area contributed by atoms with Gasteiger partial charge in [-0.25, -0.2) is 0 Å². The maximum Gasteiger partial charge on any atom is 0.319 e. The number of amides is 1. The fourth-order valence-electron chi connectivity index (χ4n) is 4.07. The summed E-state index contributed by atoms with van der Waals surface area (Å²) >= 11 is 0. The molecule has 3 rings (SSSR count). The Hall–Kier alpha value is -1.51. The summed E-state index contributed by atoms with van der Waals surface area (Å²) in [7, 11) is 0. The molecule has 0 aliphatic carbocycles. The maximum absolute atomic E-state index is 13.2. The second-order valence-electron chi connectivity index (χ2n) is 7.13. The summed E-state index contributed by atoms with van der Waals surface area (Å²) in [4.78, 5) is 19.1. The minimum atomic E-state index is -2.70. The molecule has 0 aromatic carbocycles. The molecule has 2 aliphatic rings. The number of rotatable bonds is 5. The average Bonchev–Trinajstić information content (AvgIpc) is 3.04. The minimum Gasteiger partial charge on any atom is -0.395 e. The quantitative estimate of drug-likeness (QED) is 0.852. The molecule has 1 aromatic rings. The molecule has 2 fully saturated rings. The van der Waals surface area contributed by atoms with Gasteiger partial charge in [0.05, 0.1) is 6.61 Å². The SMILES string of the molecule is Cc1ccc(C(=O)N2CCC(N3CCN(CCO)CC3)CC2)n1C(F)F. The van der Waals surface area contributed by atoms with E-state index in [-0.39, 0.29) is 18.2 Å². The lowest BCUT2D eigenvalue weighted by molar-refractivity contribution is 0.0396. The zero-order valence-electron chi connectivity index (χ0n) is 15.3. The standard InChI is InChI=1S/C18H28F2N4O2/c1-14-2-3-16(24(14)18(19)20)17(26)23-6-4-15(5-7-23)22-10-8-21(9-11-22)12-13-25/h2-3,15,18,25H,4-13H2,1H3. The summed E-state index contributed by atoms with van der Waals surface area (Å²) in [6.45, 7) is 4.90. The number of piperazine rings is 1. The fourth-order valence-corrected chi connectivity index (χ4v) is 4.07. The third-order valence-corrected chi connectivity index (χ3v) is 5.63. The van der Waals surface area contributed by atoms with Crippen LogP contribution in [-0.4, -0.2) is 88.7 Å². The lowest BCUT2D eigenvalue weighted by Gasteiger charge is -2.42. The molecule has 2 saturated heterocycles. The van der Waals surface area contributed by atoms with Crippen LogP contribution in [0.25, 0.3) is 0 Å². The fraction of sp³-hybridized carbons (Fsp3) is 0.722. The van der Waals surface area contributed by atoms with E-state index in [1.807, 2.05) is 0 Å². The lowest BCUT2D eigenvalue weighted by Crippen LogP contribution is -2.54. The third-order valence-electron chi connectivity index (χ3n) is 5.63. The van der Waals surface area contributed by atoms with Gasteiger partial charge in [0.25, 0.3) is 5.91 Å². The molecule has 8 heteroatoms. The van der Waals surface area contributed by atoms with E-state index in [0.29, 0.717) is 24.8 Å². The molecule has 1 N–H and O–H groups in total. The van der Waals surface area contributed by atoms with Crippen LogP contribution in [0, 0.1) is 6.92 Å². The van der Waals surface area contributed by atoms with Gasteiger partial charge in [0.2, 0.25) is 0 Å². The Kier molecular flexibility index (Phi) is 6.26. The first-order valence-corrected chi connectivity index (χ1v) is 9.33. The first-order valence-electron chi connectivity index (χ1n) is 9.33. The molecule has 0 bridgehead atoms. The topological polar surface area (TPSA) is 52.0 Å². The number of hydrogen-bond donors (Lipinski definition) is 1. The van der Waals surface area contributed by atoms with Gasteiger partial charge in [-0.05, 0) is 31.9 Å². The van der Waals surface area contributed by atoms with Crippen molar-refractivity contribution in [2.75, 3.05) is 52.4 Å². The Morgan fingerprint density at radius 2 is 1.81 bits per heavy atom. The molecule has 26 heavy (non-hydrogen) atoms. The van der Waals surface area contributed by atoms with Gasteiger partial charge in [0.15, 0.2) is 0 Å². The van der Waals surface area contributed by atoms with Crippen molar-refractivity contribution in [1.29, 1.82) is 0 Å². The number of β-amino-alcohol motifs (C(OH)–C–C–N with tert-alkyl or cyclic N) is 1. The van der Waals surface area contributed by atoms with Gasteiger partial charge in [-0.1, -0.05) is 0 Å². The molecule has 0 unspecified atom stereocenters. The smallest absolute Gasteiger partial charge is 0.319 e. The van der Waals surface area contributed by atoms with Crippen LogP contribution < -0.4 is 0 Å². The number of aliphatic hydroxyl groups is 1. The van der Waals surface area contributed by atoms with Crippen LogP contribution in [0.4, 0.5) is 8.78 Å². The number of carbonyl (C=O) groups excluding carboxylic acids is 1. The molecule has 0 radical (unpaired) electrons. The first-order chi connectivity index (χ1) is 12.5. The summed E-state index contributed by atoms with van der Waals surface area (Å²) in [5.74, 6) is -0.301. The number of likely N-dealkylation sites (tertiary alicyclic amines) is 1. The van der Waals surface area contributed by atoms with Crippen LogP contribution in [-0.2, 0) is 0 Å². The number of aryl methyl sites for hydroxylation is 1. The average molecular weight is 370 g/mol. The van der Waals surface area contributed by atoms with E-state index in [1.54, 1.807) is 17.9 Å². The van der Waals surface area contributed by atoms with E-state index in [1.165, 1.54) is 6.07 Å². The summed E-state index contributed by atoms with van der Waals surface area (Å²) in [5, 5.41) is 9.02. The summed E-state index contributed by atoms with van der Waals surface area (Å²) < 4.78 is 27.2. The van der Waals surface area contributed by atoms with Crippen molar-refractivity contribution in [2.45, 2.75) is 32.4 Å². The predicted octanol–water partition coefficient (Wildman–Crippen LogP) is 1.41. The highest BCUT2D eigenvalue weighted by atomic mass is 19.3. The molecular weight excluding hydrogens is 342 g/mol. The molecule has 3 heterocycles. The van der Waals surface area contributed by atoms with E-state index in [9.17, 15) is 13.6 Å². The van der Waals surface area contributed by atoms with Crippen molar-refractivity contribution in [2.24, 2.45) is 0 Å². The molecular formula is C18H28F2N4O2. The zero-order chi connectivity index (χ0) is 18.7. The van der Waals surface area contributed by atoms with Crippen LogP contribution in [0.3, 0.4) is 0 Å². The molecule has 0 saturated carbocycles. The van der Waals surface area contributed by atoms with Crippen LogP contribution in [0.15, 0.2) is 12.1 Å². The molecule has 2 aliphatic heterocycles. The van der Waals surface area contributed by atoms with Crippen molar-refractivity contribution < 1.29 is 18.7 Å². The van der Waals surface area contributed by atoms with Gasteiger partial charge >= 0.3 is 6.55 Å². The number of nitrogens with zero attached hydrogens (tertiary/aromatic N) is 4. The second kappa shape index (κ2) is 8.45. The third kappa shape index (κ3) is 4.07. The Morgan fingerprint density at radius 3 is 2.38 bits per heavy atom. The number of carbonyl (C=O) groups is 1. The van der Waals surface area contributed by atoms with E-state index < -0.39 is 6.55 Å². The maximum atomic E-state index is 13.2. The Labute approximate surface area is 153 Å². The monoisotopic (exact) mass is 370 g/mol. The van der Waals surface area contributed by atoms with Gasteiger partial charge in [-0.2, -0.15) is 8.78 Å². The summed E-state index contributed by atoms with van der Waals surface area (Å²) in [5.41, 5.74) is 0.479. The molecule has 0 spiro atoms. The highest BCUT2D eigenvalue weighted by Gasteiger charge is 2.31. The molecule has 146 valence electrons. The number of piperidine rings is 1.